The molecule has 84 valence electrons. The Hall–Kier alpha value is -1.03. The van der Waals surface area contributed by atoms with Crippen LogP contribution in [0.2, 0.25) is 0 Å². The van der Waals surface area contributed by atoms with Crippen molar-refractivity contribution in [3.8, 4) is 6.08 Å². The molecule has 0 radical (unpaired) electrons. The third-order valence-corrected chi connectivity index (χ3v) is 2.92. The van der Waals surface area contributed by atoms with Crippen LogP contribution in [0.3, 0.4) is 0 Å². The van der Waals surface area contributed by atoms with Gasteiger partial charge in [-0.1, -0.05) is 6.92 Å². The first-order valence-corrected chi connectivity index (χ1v) is 5.50. The van der Waals surface area contributed by atoms with Crippen LogP contribution in [0, 0.1) is 5.92 Å². The third kappa shape index (κ3) is 2.72. The van der Waals surface area contributed by atoms with Gasteiger partial charge >= 0.3 is 6.08 Å². The second-order valence-electron chi connectivity index (χ2n) is 4.26. The lowest BCUT2D eigenvalue weighted by molar-refractivity contribution is 0.0989. The number of oxazole rings is 1. The zero-order chi connectivity index (χ0) is 10.7. The van der Waals surface area contributed by atoms with Gasteiger partial charge in [-0.15, -0.1) is 0 Å². The SMILES string of the molecule is CC1CCC(Oc2nc(CO)co2)CC1. The summed E-state index contributed by atoms with van der Waals surface area (Å²) in [5.74, 6) is 0.808. The fraction of sp³-hybridized carbons (Fsp3) is 0.727. The molecule has 1 aromatic rings. The van der Waals surface area contributed by atoms with Crippen LogP contribution in [0.25, 0.3) is 0 Å². The van der Waals surface area contributed by atoms with E-state index in [1.54, 1.807) is 0 Å². The Morgan fingerprint density at radius 2 is 2.20 bits per heavy atom. The summed E-state index contributed by atoms with van der Waals surface area (Å²) in [6.07, 6.45) is 6.50. The van der Waals surface area contributed by atoms with Crippen molar-refractivity contribution in [3.63, 3.8) is 0 Å². The average Bonchev–Trinajstić information content (AvgIpc) is 2.69. The fourth-order valence-corrected chi connectivity index (χ4v) is 1.91. The molecule has 1 aromatic heterocycles. The predicted octanol–water partition coefficient (Wildman–Crippen LogP) is 2.12. The minimum absolute atomic E-state index is 0.103. The lowest BCUT2D eigenvalue weighted by Crippen LogP contribution is -2.23. The summed E-state index contributed by atoms with van der Waals surface area (Å²) in [6.45, 7) is 2.17. The van der Waals surface area contributed by atoms with Gasteiger partial charge in [0.2, 0.25) is 0 Å². The number of hydrogen-bond acceptors (Lipinski definition) is 4. The van der Waals surface area contributed by atoms with Crippen LogP contribution in [0.15, 0.2) is 10.7 Å². The zero-order valence-corrected chi connectivity index (χ0v) is 8.98. The van der Waals surface area contributed by atoms with E-state index in [1.807, 2.05) is 0 Å². The second kappa shape index (κ2) is 4.66. The average molecular weight is 211 g/mol. The standard InChI is InChI=1S/C11H17NO3/c1-8-2-4-10(5-3-8)15-11-12-9(6-13)7-14-11/h7-8,10,13H,2-6H2,1H3. The normalized spacial score (nSPS) is 26.5. The number of rotatable bonds is 3. The van der Waals surface area contributed by atoms with E-state index in [-0.39, 0.29) is 12.7 Å². The molecular formula is C11H17NO3. The van der Waals surface area contributed by atoms with Crippen LogP contribution in [0.5, 0.6) is 6.08 Å². The molecule has 1 saturated carbocycles. The first kappa shape index (κ1) is 10.5. The quantitative estimate of drug-likeness (QED) is 0.832. The molecule has 1 aliphatic rings. The Balaban J connectivity index is 1.86. The third-order valence-electron chi connectivity index (χ3n) is 2.92. The van der Waals surface area contributed by atoms with Gasteiger partial charge in [0.25, 0.3) is 0 Å². The van der Waals surface area contributed by atoms with E-state index in [0.717, 1.165) is 18.8 Å². The number of aliphatic hydroxyl groups excluding tert-OH is 1. The van der Waals surface area contributed by atoms with Crippen molar-refractivity contribution < 1.29 is 14.3 Å². The molecule has 2 rings (SSSR count). The van der Waals surface area contributed by atoms with Gasteiger partial charge in [-0.3, -0.25) is 0 Å². The first-order valence-electron chi connectivity index (χ1n) is 5.50. The number of nitrogens with zero attached hydrogens (tertiary/aromatic N) is 1. The molecular weight excluding hydrogens is 194 g/mol. The summed E-state index contributed by atoms with van der Waals surface area (Å²) in [4.78, 5) is 4.00. The van der Waals surface area contributed by atoms with E-state index in [4.69, 9.17) is 14.3 Å². The summed E-state index contributed by atoms with van der Waals surface area (Å²) >= 11 is 0. The number of ether oxygens (including phenoxy) is 1. The molecule has 1 fully saturated rings. The number of aliphatic hydroxyl groups is 1. The van der Waals surface area contributed by atoms with Crippen molar-refractivity contribution in [2.24, 2.45) is 5.92 Å². The van der Waals surface area contributed by atoms with Gasteiger partial charge in [-0.2, -0.15) is 4.98 Å². The van der Waals surface area contributed by atoms with Crippen molar-refractivity contribution in [2.75, 3.05) is 0 Å². The van der Waals surface area contributed by atoms with Gasteiger partial charge in [0.1, 0.15) is 18.1 Å². The number of hydrogen-bond donors (Lipinski definition) is 1. The fourth-order valence-electron chi connectivity index (χ4n) is 1.91. The van der Waals surface area contributed by atoms with Crippen LogP contribution in [-0.2, 0) is 6.61 Å². The van der Waals surface area contributed by atoms with Crippen molar-refractivity contribution in [1.82, 2.24) is 4.98 Å². The highest BCUT2D eigenvalue weighted by molar-refractivity contribution is 4.98. The molecule has 0 atom stereocenters. The molecule has 0 bridgehead atoms. The summed E-state index contributed by atoms with van der Waals surface area (Å²) in [5.41, 5.74) is 0.522. The minimum Gasteiger partial charge on any atom is -0.447 e. The summed E-state index contributed by atoms with van der Waals surface area (Å²) in [5, 5.41) is 8.81. The van der Waals surface area contributed by atoms with Crippen molar-refractivity contribution in [2.45, 2.75) is 45.3 Å². The lowest BCUT2D eigenvalue weighted by atomic mass is 9.89. The van der Waals surface area contributed by atoms with Crippen LogP contribution < -0.4 is 4.74 Å². The Morgan fingerprint density at radius 3 is 2.80 bits per heavy atom. The highest BCUT2D eigenvalue weighted by Gasteiger charge is 2.21. The van der Waals surface area contributed by atoms with Gasteiger partial charge in [-0.25, -0.2) is 0 Å². The van der Waals surface area contributed by atoms with Crippen LogP contribution >= 0.6 is 0 Å². The van der Waals surface area contributed by atoms with Crippen molar-refractivity contribution in [1.29, 1.82) is 0 Å². The van der Waals surface area contributed by atoms with E-state index in [1.165, 1.54) is 19.1 Å². The molecule has 1 aliphatic carbocycles. The van der Waals surface area contributed by atoms with Gasteiger partial charge in [0.05, 0.1) is 6.61 Å². The minimum atomic E-state index is -0.103. The molecule has 0 unspecified atom stereocenters. The Labute approximate surface area is 89.3 Å². The van der Waals surface area contributed by atoms with Crippen molar-refractivity contribution in [3.05, 3.63) is 12.0 Å². The predicted molar refractivity (Wildman–Crippen MR) is 54.5 cm³/mol. The molecule has 0 saturated heterocycles. The summed E-state index contributed by atoms with van der Waals surface area (Å²) in [6, 6.07) is 0. The largest absolute Gasteiger partial charge is 0.447 e. The van der Waals surface area contributed by atoms with Gasteiger partial charge < -0.3 is 14.3 Å². The summed E-state index contributed by atoms with van der Waals surface area (Å²) < 4.78 is 10.7. The van der Waals surface area contributed by atoms with E-state index in [9.17, 15) is 0 Å². The van der Waals surface area contributed by atoms with E-state index >= 15 is 0 Å². The van der Waals surface area contributed by atoms with Gasteiger partial charge in [-0.05, 0) is 31.6 Å². The Morgan fingerprint density at radius 1 is 1.47 bits per heavy atom. The topological polar surface area (TPSA) is 55.5 Å². The number of aromatic nitrogens is 1. The molecule has 15 heavy (non-hydrogen) atoms. The summed E-state index contributed by atoms with van der Waals surface area (Å²) in [7, 11) is 0. The maximum Gasteiger partial charge on any atom is 0.394 e. The van der Waals surface area contributed by atoms with E-state index in [0.29, 0.717) is 11.8 Å². The molecule has 0 aromatic carbocycles. The first-order chi connectivity index (χ1) is 7.28. The van der Waals surface area contributed by atoms with Crippen LogP contribution in [0.1, 0.15) is 38.3 Å². The van der Waals surface area contributed by atoms with Crippen LogP contribution in [0.4, 0.5) is 0 Å². The molecule has 1 N–H and O–H groups in total. The second-order valence-corrected chi connectivity index (χ2v) is 4.26. The van der Waals surface area contributed by atoms with Gasteiger partial charge in [0, 0.05) is 0 Å². The highest BCUT2D eigenvalue weighted by atomic mass is 16.6. The van der Waals surface area contributed by atoms with Crippen molar-refractivity contribution >= 4 is 0 Å². The zero-order valence-electron chi connectivity index (χ0n) is 8.98. The Kier molecular flexibility index (Phi) is 3.26. The Bertz CT molecular complexity index is 303. The monoisotopic (exact) mass is 211 g/mol. The maximum atomic E-state index is 8.81. The highest BCUT2D eigenvalue weighted by Crippen LogP contribution is 2.26. The molecule has 4 heteroatoms. The molecule has 0 spiro atoms. The van der Waals surface area contributed by atoms with E-state index < -0.39 is 0 Å². The maximum absolute atomic E-state index is 8.81. The van der Waals surface area contributed by atoms with Gasteiger partial charge in [0.15, 0.2) is 0 Å². The van der Waals surface area contributed by atoms with Crippen LogP contribution in [-0.4, -0.2) is 16.2 Å². The smallest absolute Gasteiger partial charge is 0.394 e. The molecule has 1 heterocycles. The lowest BCUT2D eigenvalue weighted by Gasteiger charge is -2.25. The molecule has 0 amide bonds. The molecule has 4 nitrogen and oxygen atoms in total. The van der Waals surface area contributed by atoms with E-state index in [2.05, 4.69) is 11.9 Å². The molecule has 0 aliphatic heterocycles.